The van der Waals surface area contributed by atoms with E-state index in [2.05, 4.69) is 30.8 Å². The van der Waals surface area contributed by atoms with Crippen molar-refractivity contribution in [3.05, 3.63) is 30.3 Å². The van der Waals surface area contributed by atoms with Crippen LogP contribution in [0.1, 0.15) is 0 Å². The van der Waals surface area contributed by atoms with E-state index >= 15 is 0 Å². The first kappa shape index (κ1) is 18.0. The van der Waals surface area contributed by atoms with Gasteiger partial charge in [0, 0.05) is 18.8 Å². The van der Waals surface area contributed by atoms with E-state index in [1.165, 1.54) is 6.21 Å². The van der Waals surface area contributed by atoms with E-state index in [-0.39, 0.29) is 5.95 Å². The minimum absolute atomic E-state index is 0.223. The van der Waals surface area contributed by atoms with Crippen molar-refractivity contribution >= 4 is 29.7 Å². The van der Waals surface area contributed by atoms with Gasteiger partial charge in [-0.15, -0.1) is 0 Å². The molecule has 0 saturated carbocycles. The Morgan fingerprint density at radius 3 is 2.62 bits per heavy atom. The largest absolute Gasteiger partial charge is 0.393 e. The Morgan fingerprint density at radius 1 is 1.15 bits per heavy atom. The van der Waals surface area contributed by atoms with Crippen LogP contribution in [0, 0.1) is 0 Å². The number of hydrogen-bond acceptors (Lipinski definition) is 10. The van der Waals surface area contributed by atoms with Crippen LogP contribution < -0.4 is 15.6 Å². The molecule has 1 unspecified atom stereocenters. The van der Waals surface area contributed by atoms with Gasteiger partial charge in [0.05, 0.1) is 26.0 Å². The second kappa shape index (κ2) is 9.04. The highest BCUT2D eigenvalue weighted by atomic mass is 16.5. The molecule has 1 aromatic carbocycles. The van der Waals surface area contributed by atoms with E-state index in [4.69, 9.17) is 9.84 Å². The second-order valence-corrected chi connectivity index (χ2v) is 5.51. The van der Waals surface area contributed by atoms with Gasteiger partial charge >= 0.3 is 0 Å². The second-order valence-electron chi connectivity index (χ2n) is 5.51. The Morgan fingerprint density at radius 2 is 1.88 bits per heavy atom. The predicted molar refractivity (Wildman–Crippen MR) is 97.8 cm³/mol. The van der Waals surface area contributed by atoms with Crippen molar-refractivity contribution in [2.45, 2.75) is 6.10 Å². The molecule has 0 amide bonds. The first-order valence-electron chi connectivity index (χ1n) is 8.23. The Kier molecular flexibility index (Phi) is 6.25. The summed E-state index contributed by atoms with van der Waals surface area (Å²) in [6, 6.07) is 9.55. The fourth-order valence-corrected chi connectivity index (χ4v) is 2.25. The molecule has 3 rings (SSSR count). The van der Waals surface area contributed by atoms with E-state index in [0.717, 1.165) is 5.69 Å². The van der Waals surface area contributed by atoms with Crippen LogP contribution in [0.15, 0.2) is 35.4 Å². The van der Waals surface area contributed by atoms with Gasteiger partial charge < -0.3 is 25.2 Å². The molecule has 1 fully saturated rings. The van der Waals surface area contributed by atoms with Crippen LogP contribution in [0.5, 0.6) is 0 Å². The number of aliphatic hydroxyl groups is 2. The van der Waals surface area contributed by atoms with Crippen molar-refractivity contribution in [3.8, 4) is 0 Å². The average molecular weight is 359 g/mol. The predicted octanol–water partition coefficient (Wildman–Crippen LogP) is 0.203. The summed E-state index contributed by atoms with van der Waals surface area (Å²) in [4.78, 5) is 15.1. The minimum Gasteiger partial charge on any atom is -0.393 e. The van der Waals surface area contributed by atoms with Gasteiger partial charge in [0.1, 0.15) is 6.10 Å². The van der Waals surface area contributed by atoms with Gasteiger partial charge in [-0.25, -0.2) is 5.43 Å². The maximum absolute atomic E-state index is 9.32. The summed E-state index contributed by atoms with van der Waals surface area (Å²) in [6.07, 6.45) is 0.118. The molecular weight excluding hydrogens is 338 g/mol. The lowest BCUT2D eigenvalue weighted by Gasteiger charge is -2.27. The number of benzene rings is 1. The molecule has 2 heterocycles. The van der Waals surface area contributed by atoms with Crippen LogP contribution in [-0.4, -0.2) is 70.4 Å². The molecule has 1 atom stereocenters. The smallest absolute Gasteiger partial charge is 0.250 e. The number of para-hydroxylation sites is 1. The van der Waals surface area contributed by atoms with E-state index < -0.39 is 12.7 Å². The summed E-state index contributed by atoms with van der Waals surface area (Å²) in [5.41, 5.74) is 3.50. The van der Waals surface area contributed by atoms with Crippen molar-refractivity contribution in [3.63, 3.8) is 0 Å². The van der Waals surface area contributed by atoms with Crippen LogP contribution >= 0.6 is 0 Å². The van der Waals surface area contributed by atoms with Crippen molar-refractivity contribution in [2.24, 2.45) is 5.10 Å². The zero-order valence-electron chi connectivity index (χ0n) is 14.1. The number of ether oxygens (including phenoxy) is 1. The van der Waals surface area contributed by atoms with Gasteiger partial charge in [-0.1, -0.05) is 18.2 Å². The lowest BCUT2D eigenvalue weighted by Crippen LogP contribution is -2.37. The van der Waals surface area contributed by atoms with Gasteiger partial charge in [-0.2, -0.15) is 20.1 Å². The zero-order chi connectivity index (χ0) is 18.2. The van der Waals surface area contributed by atoms with Crippen LogP contribution in [0.4, 0.5) is 23.5 Å². The third-order valence-corrected chi connectivity index (χ3v) is 3.55. The van der Waals surface area contributed by atoms with Gasteiger partial charge in [-0.05, 0) is 12.1 Å². The first-order valence-corrected chi connectivity index (χ1v) is 8.23. The van der Waals surface area contributed by atoms with E-state index in [1.807, 2.05) is 35.2 Å². The number of anilines is 4. The summed E-state index contributed by atoms with van der Waals surface area (Å²) < 4.78 is 5.36. The number of hydrogen-bond donors (Lipinski definition) is 4. The third kappa shape index (κ3) is 5.09. The molecule has 0 radical (unpaired) electrons. The van der Waals surface area contributed by atoms with Gasteiger partial charge in [-0.3, -0.25) is 0 Å². The maximum atomic E-state index is 9.32. The van der Waals surface area contributed by atoms with Gasteiger partial charge in [0.2, 0.25) is 17.8 Å². The molecule has 10 nitrogen and oxygen atoms in total. The summed E-state index contributed by atoms with van der Waals surface area (Å²) in [5.74, 6) is 1.09. The normalized spacial score (nSPS) is 15.8. The SMILES string of the molecule is OCC(O)/C=N/Nc1nc(Nc2ccccc2)nc(N2CCOCC2)n1. The average Bonchev–Trinajstić information content (AvgIpc) is 2.69. The fraction of sp³-hybridized carbons (Fsp3) is 0.375. The summed E-state index contributed by atoms with van der Waals surface area (Å²) in [6.45, 7) is 2.16. The number of nitrogens with one attached hydrogen (secondary N) is 2. The monoisotopic (exact) mass is 359 g/mol. The molecule has 26 heavy (non-hydrogen) atoms. The number of aromatic nitrogens is 3. The lowest BCUT2D eigenvalue weighted by molar-refractivity contribution is 0.122. The summed E-state index contributed by atoms with van der Waals surface area (Å²) in [5, 5.41) is 25.1. The van der Waals surface area contributed by atoms with Crippen LogP contribution in [0.25, 0.3) is 0 Å². The van der Waals surface area contributed by atoms with Gasteiger partial charge in [0.25, 0.3) is 0 Å². The van der Waals surface area contributed by atoms with Gasteiger partial charge in [0.15, 0.2) is 0 Å². The Balaban J connectivity index is 1.82. The number of rotatable bonds is 7. The van der Waals surface area contributed by atoms with E-state index in [1.54, 1.807) is 0 Å². The quantitative estimate of drug-likeness (QED) is 0.405. The fourth-order valence-electron chi connectivity index (χ4n) is 2.25. The molecule has 138 valence electrons. The Labute approximate surface area is 150 Å². The van der Waals surface area contributed by atoms with Crippen molar-refractivity contribution in [1.82, 2.24) is 15.0 Å². The number of morpholine rings is 1. The molecule has 2 aromatic rings. The molecule has 0 spiro atoms. The molecular formula is C16H21N7O3. The van der Waals surface area contributed by atoms with E-state index in [9.17, 15) is 5.11 Å². The van der Waals surface area contributed by atoms with Crippen LogP contribution in [-0.2, 0) is 4.74 Å². The molecule has 1 aromatic heterocycles. The number of aliphatic hydroxyl groups excluding tert-OH is 2. The third-order valence-electron chi connectivity index (χ3n) is 3.55. The van der Waals surface area contributed by atoms with Crippen molar-refractivity contribution in [2.75, 3.05) is 48.6 Å². The Hall–Kier alpha value is -2.82. The van der Waals surface area contributed by atoms with Crippen molar-refractivity contribution in [1.29, 1.82) is 0 Å². The highest BCUT2D eigenvalue weighted by Gasteiger charge is 2.16. The highest BCUT2D eigenvalue weighted by molar-refractivity contribution is 5.64. The molecule has 0 bridgehead atoms. The van der Waals surface area contributed by atoms with Crippen molar-refractivity contribution < 1.29 is 14.9 Å². The number of nitrogens with zero attached hydrogens (tertiary/aromatic N) is 5. The molecule has 1 aliphatic rings. The number of hydrazone groups is 1. The Bertz CT molecular complexity index is 723. The highest BCUT2D eigenvalue weighted by Crippen LogP contribution is 2.18. The van der Waals surface area contributed by atoms with Crippen LogP contribution in [0.2, 0.25) is 0 Å². The maximum Gasteiger partial charge on any atom is 0.250 e. The molecule has 10 heteroatoms. The summed E-state index contributed by atoms with van der Waals surface area (Å²) >= 11 is 0. The van der Waals surface area contributed by atoms with Crippen LogP contribution in [0.3, 0.4) is 0 Å². The molecule has 1 aliphatic heterocycles. The molecule has 1 saturated heterocycles. The summed E-state index contributed by atoms with van der Waals surface area (Å²) in [7, 11) is 0. The minimum atomic E-state index is -1.05. The standard InChI is InChI=1S/C16H21N7O3/c24-11-13(25)10-17-22-15-19-14(18-12-4-2-1-3-5-12)20-16(21-15)23-6-8-26-9-7-23/h1-5,10,13,24-25H,6-9,11H2,(H2,18,19,20,21,22)/b17-10+. The first-order chi connectivity index (χ1) is 12.7. The molecule has 0 aliphatic carbocycles. The lowest BCUT2D eigenvalue weighted by atomic mass is 10.3. The zero-order valence-corrected chi connectivity index (χ0v) is 14.1. The topological polar surface area (TPSA) is 128 Å². The van der Waals surface area contributed by atoms with E-state index in [0.29, 0.717) is 38.2 Å². The molecule has 4 N–H and O–H groups in total.